The number of allylic oxidation sites excluding steroid dienone is 2. The Morgan fingerprint density at radius 3 is 2.63 bits per heavy atom. The van der Waals surface area contributed by atoms with Crippen LogP contribution in [0.5, 0.6) is 0 Å². The molecule has 0 saturated carbocycles. The van der Waals surface area contributed by atoms with E-state index in [1.165, 1.54) is 29.9 Å². The second-order valence-corrected chi connectivity index (χ2v) is 13.8. The number of likely N-dealkylation sites (tertiary alicyclic amines) is 1. The number of methoxy groups -OCH3 is 1. The van der Waals surface area contributed by atoms with Crippen molar-refractivity contribution in [2.75, 3.05) is 51.5 Å². The average molecular weight is 636 g/mol. The van der Waals surface area contributed by atoms with Crippen molar-refractivity contribution in [1.82, 2.24) is 19.8 Å². The molecule has 2 aromatic rings. The van der Waals surface area contributed by atoms with Gasteiger partial charge in [0.25, 0.3) is 0 Å². The fourth-order valence-electron chi connectivity index (χ4n) is 5.07. The molecular weight excluding hydrogens is 603 g/mol. The number of alkyl halides is 3. The van der Waals surface area contributed by atoms with Crippen molar-refractivity contribution in [3.8, 4) is 11.8 Å². The van der Waals surface area contributed by atoms with Crippen LogP contribution in [0.3, 0.4) is 0 Å². The second kappa shape index (κ2) is 12.3. The first-order chi connectivity index (χ1) is 20.3. The Hall–Kier alpha value is -3.34. The molecule has 14 heteroatoms. The van der Waals surface area contributed by atoms with Gasteiger partial charge in [-0.2, -0.15) is 18.3 Å². The highest BCUT2D eigenvalue weighted by Crippen LogP contribution is 2.41. The zero-order valence-electron chi connectivity index (χ0n) is 23.9. The number of sulfone groups is 1. The minimum Gasteiger partial charge on any atom is -0.489 e. The topological polar surface area (TPSA) is 97.2 Å². The minimum atomic E-state index is -4.53. The van der Waals surface area contributed by atoms with Crippen molar-refractivity contribution in [2.45, 2.75) is 41.7 Å². The molecule has 9 nitrogen and oxygen atoms in total. The van der Waals surface area contributed by atoms with Gasteiger partial charge in [-0.25, -0.2) is 12.9 Å². The Kier molecular flexibility index (Phi) is 8.92. The van der Waals surface area contributed by atoms with E-state index in [4.69, 9.17) is 9.47 Å². The fourth-order valence-corrected chi connectivity index (χ4v) is 6.39. The van der Waals surface area contributed by atoms with Crippen molar-refractivity contribution >= 4 is 32.9 Å². The molecular formula is C29H32F3N5O4S2. The molecule has 1 aliphatic carbocycles. The number of aromatic nitrogens is 2. The summed E-state index contributed by atoms with van der Waals surface area (Å²) in [6.07, 6.45) is 7.13. The molecule has 2 saturated heterocycles. The van der Waals surface area contributed by atoms with Crippen molar-refractivity contribution < 1.29 is 31.1 Å². The van der Waals surface area contributed by atoms with Gasteiger partial charge in [0.15, 0.2) is 15.6 Å². The lowest BCUT2D eigenvalue weighted by molar-refractivity contribution is -0.135. The van der Waals surface area contributed by atoms with Crippen molar-refractivity contribution in [1.29, 1.82) is 0 Å². The van der Waals surface area contributed by atoms with Gasteiger partial charge in [-0.15, -0.1) is 0 Å². The fraction of sp³-hybridized carbons (Fsp3) is 0.448. The zero-order valence-corrected chi connectivity index (χ0v) is 25.5. The minimum absolute atomic E-state index is 0.00522. The number of anilines is 1. The summed E-state index contributed by atoms with van der Waals surface area (Å²) >= 11 is -0.240. The molecule has 43 heavy (non-hydrogen) atoms. The average Bonchev–Trinajstić information content (AvgIpc) is 3.12. The first-order valence-corrected chi connectivity index (χ1v) is 16.3. The monoisotopic (exact) mass is 635 g/mol. The number of piperidine rings is 1. The molecule has 3 aliphatic rings. The Balaban J connectivity index is 1.34. The van der Waals surface area contributed by atoms with E-state index in [1.807, 2.05) is 0 Å². The van der Waals surface area contributed by atoms with Crippen molar-refractivity contribution in [3.05, 3.63) is 64.2 Å². The van der Waals surface area contributed by atoms with E-state index in [0.29, 0.717) is 17.0 Å². The molecule has 2 N–H and O–H groups in total. The van der Waals surface area contributed by atoms with E-state index < -0.39 is 15.3 Å². The first kappa shape index (κ1) is 31.1. The predicted molar refractivity (Wildman–Crippen MR) is 159 cm³/mol. The molecule has 4 heterocycles. The number of ether oxygens (including phenoxy) is 2. The number of hydrogen-bond donors (Lipinski definition) is 2. The number of halogens is 3. The summed E-state index contributed by atoms with van der Waals surface area (Å²) in [6.45, 7) is 5.52. The molecule has 0 radical (unpaired) electrons. The van der Waals surface area contributed by atoms with E-state index >= 15 is 0 Å². The van der Waals surface area contributed by atoms with Crippen LogP contribution in [0.1, 0.15) is 25.5 Å². The van der Waals surface area contributed by atoms with Gasteiger partial charge >= 0.3 is 5.51 Å². The lowest BCUT2D eigenvalue weighted by atomic mass is 9.93. The Labute approximate surface area is 252 Å². The van der Waals surface area contributed by atoms with Crippen LogP contribution in [0, 0.1) is 11.8 Å². The normalized spacial score (nSPS) is 19.3. The van der Waals surface area contributed by atoms with Crippen LogP contribution < -0.4 is 10.6 Å². The molecule has 0 aromatic carbocycles. The molecule has 0 amide bonds. The lowest BCUT2D eigenvalue weighted by Gasteiger charge is -2.49. The largest absolute Gasteiger partial charge is 0.489 e. The zero-order chi connectivity index (χ0) is 30.8. The van der Waals surface area contributed by atoms with Gasteiger partial charge in [-0.1, -0.05) is 12.0 Å². The molecule has 0 bridgehead atoms. The van der Waals surface area contributed by atoms with Gasteiger partial charge in [0.05, 0.1) is 53.4 Å². The van der Waals surface area contributed by atoms with Gasteiger partial charge in [-0.05, 0) is 67.5 Å². The van der Waals surface area contributed by atoms with Gasteiger partial charge < -0.3 is 20.1 Å². The number of nitrogens with one attached hydrogen (secondary N) is 2. The molecule has 0 unspecified atom stereocenters. The van der Waals surface area contributed by atoms with E-state index in [9.17, 15) is 21.6 Å². The SMILES string of the molecule is COC1=C=C(NCC#Cc2nn3c(NC4CCN(C5(C)COC5)CC4)cccc3c2SC(F)(F)F)C=CC(S(C)(=O)=O)=C1. The maximum atomic E-state index is 13.6. The standard InChI is InChI=1S/C29H32F3N5O4S2/c1-28(18-41-19-28)36-14-11-20(12-15-36)34-26-8-4-7-25-27(42-29(30,31)32)24(35-37(25)26)6-5-13-33-21-9-10-23(43(3,38)39)17-22(16-21)40-2/h4,7-10,17,20,33-34H,11-15,18-19H2,1-3H3. The maximum absolute atomic E-state index is 13.6. The number of pyridine rings is 1. The van der Waals surface area contributed by atoms with Crippen LogP contribution >= 0.6 is 11.8 Å². The summed E-state index contributed by atoms with van der Waals surface area (Å²) in [5.74, 6) is 6.41. The van der Waals surface area contributed by atoms with Crippen LogP contribution in [0.25, 0.3) is 5.52 Å². The lowest BCUT2D eigenvalue weighted by Crippen LogP contribution is -2.62. The molecule has 2 aromatic heterocycles. The second-order valence-electron chi connectivity index (χ2n) is 10.7. The number of thioether (sulfide) groups is 1. The molecule has 0 spiro atoms. The van der Waals surface area contributed by atoms with Crippen LogP contribution in [-0.2, 0) is 19.3 Å². The van der Waals surface area contributed by atoms with E-state index in [1.54, 1.807) is 18.2 Å². The smallest absolute Gasteiger partial charge is 0.446 e. The molecule has 2 aliphatic heterocycles. The highest BCUT2D eigenvalue weighted by molar-refractivity contribution is 8.00. The molecule has 0 atom stereocenters. The highest BCUT2D eigenvalue weighted by atomic mass is 32.2. The quantitative estimate of drug-likeness (QED) is 0.253. The third kappa shape index (κ3) is 7.42. The van der Waals surface area contributed by atoms with Gasteiger partial charge in [0.2, 0.25) is 0 Å². The first-order valence-electron chi connectivity index (χ1n) is 13.6. The Morgan fingerprint density at radius 2 is 2.00 bits per heavy atom. The van der Waals surface area contributed by atoms with Gasteiger partial charge in [0.1, 0.15) is 11.5 Å². The summed E-state index contributed by atoms with van der Waals surface area (Å²) < 4.78 is 76.7. The third-order valence-corrected chi connectivity index (χ3v) is 9.38. The van der Waals surface area contributed by atoms with Gasteiger partial charge in [0, 0.05) is 31.5 Å². The third-order valence-electron chi connectivity index (χ3n) is 7.43. The van der Waals surface area contributed by atoms with Crippen LogP contribution in [0.15, 0.2) is 63.4 Å². The molecule has 2 fully saturated rings. The summed E-state index contributed by atoms with van der Waals surface area (Å²) in [5.41, 5.74) is -0.825. The van der Waals surface area contributed by atoms with E-state index in [0.717, 1.165) is 45.4 Å². The van der Waals surface area contributed by atoms with Crippen LogP contribution in [0.4, 0.5) is 19.0 Å². The number of fused-ring (bicyclic) bond motifs is 1. The Bertz CT molecular complexity index is 1680. The van der Waals surface area contributed by atoms with Crippen molar-refractivity contribution in [2.24, 2.45) is 0 Å². The summed E-state index contributed by atoms with van der Waals surface area (Å²) in [4.78, 5) is 2.42. The van der Waals surface area contributed by atoms with Gasteiger partial charge in [-0.3, -0.25) is 4.90 Å². The Morgan fingerprint density at radius 1 is 1.26 bits per heavy atom. The van der Waals surface area contributed by atoms with Crippen LogP contribution in [-0.4, -0.2) is 86.2 Å². The highest BCUT2D eigenvalue weighted by Gasteiger charge is 2.41. The summed E-state index contributed by atoms with van der Waals surface area (Å²) in [5, 5.41) is 10.9. The maximum Gasteiger partial charge on any atom is 0.446 e. The van der Waals surface area contributed by atoms with E-state index in [-0.39, 0.29) is 51.1 Å². The van der Waals surface area contributed by atoms with E-state index in [2.05, 4.69) is 45.1 Å². The molecule has 5 rings (SSSR count). The van der Waals surface area contributed by atoms with Crippen molar-refractivity contribution in [3.63, 3.8) is 0 Å². The van der Waals surface area contributed by atoms with Crippen LogP contribution in [0.2, 0.25) is 0 Å². The number of rotatable bonds is 8. The number of hydrogen-bond acceptors (Lipinski definition) is 9. The summed E-state index contributed by atoms with van der Waals surface area (Å²) in [7, 11) is -2.09. The summed E-state index contributed by atoms with van der Waals surface area (Å²) in [6, 6.07) is 5.26. The molecule has 230 valence electrons. The predicted octanol–water partition coefficient (Wildman–Crippen LogP) is 4.06. The number of nitrogens with zero attached hydrogens (tertiary/aromatic N) is 3.